The van der Waals surface area contributed by atoms with Crippen LogP contribution in [0.2, 0.25) is 0 Å². The number of halogens is 3. The molecule has 0 saturated carbocycles. The van der Waals surface area contributed by atoms with E-state index in [0.717, 1.165) is 13.0 Å². The van der Waals surface area contributed by atoms with Crippen molar-refractivity contribution in [2.45, 2.75) is 57.8 Å². The summed E-state index contributed by atoms with van der Waals surface area (Å²) >= 11 is 0. The fourth-order valence-corrected chi connectivity index (χ4v) is 2.22. The van der Waals surface area contributed by atoms with Crippen LogP contribution >= 0.6 is 0 Å². The Morgan fingerprint density at radius 3 is 2.29 bits per heavy atom. The van der Waals surface area contributed by atoms with Gasteiger partial charge in [-0.1, -0.05) is 6.92 Å². The normalized spacial score (nSPS) is 30.5. The van der Waals surface area contributed by atoms with Crippen LogP contribution in [0, 0.1) is 0 Å². The first kappa shape index (κ1) is 14.8. The Hall–Kier alpha value is -0.290. The lowest BCUT2D eigenvalue weighted by Gasteiger charge is -2.51. The lowest BCUT2D eigenvalue weighted by atomic mass is 9.88. The van der Waals surface area contributed by atoms with Crippen molar-refractivity contribution in [2.24, 2.45) is 0 Å². The molecule has 0 aromatic carbocycles. The number of nitrogens with one attached hydrogen (secondary N) is 1. The van der Waals surface area contributed by atoms with Crippen LogP contribution in [0.5, 0.6) is 0 Å². The minimum absolute atomic E-state index is 0.0962. The minimum atomic E-state index is -4.07. The van der Waals surface area contributed by atoms with Crippen molar-refractivity contribution >= 4 is 0 Å². The van der Waals surface area contributed by atoms with E-state index in [-0.39, 0.29) is 17.6 Å². The molecule has 1 N–H and O–H groups in total. The highest BCUT2D eigenvalue weighted by Gasteiger charge is 2.41. The molecule has 17 heavy (non-hydrogen) atoms. The molecule has 1 aliphatic rings. The molecule has 102 valence electrons. The molecule has 1 heterocycles. The summed E-state index contributed by atoms with van der Waals surface area (Å²) in [6.07, 6.45) is -3.93. The molecular weight excluding hydrogens is 229 g/mol. The van der Waals surface area contributed by atoms with Gasteiger partial charge in [0.1, 0.15) is 0 Å². The Bertz CT molecular complexity index is 263. The van der Waals surface area contributed by atoms with Gasteiger partial charge in [0, 0.05) is 30.7 Å². The second-order valence-corrected chi connectivity index (χ2v) is 5.87. The Morgan fingerprint density at radius 2 is 1.82 bits per heavy atom. The van der Waals surface area contributed by atoms with Crippen molar-refractivity contribution < 1.29 is 13.2 Å². The topological polar surface area (TPSA) is 15.3 Å². The second-order valence-electron chi connectivity index (χ2n) is 5.87. The molecule has 1 saturated heterocycles. The molecule has 0 bridgehead atoms. The van der Waals surface area contributed by atoms with Gasteiger partial charge in [0.25, 0.3) is 0 Å². The monoisotopic (exact) mass is 252 g/mol. The predicted octanol–water partition coefficient (Wildman–Crippen LogP) is 2.79. The van der Waals surface area contributed by atoms with Gasteiger partial charge in [-0.3, -0.25) is 4.90 Å². The third-order valence-electron chi connectivity index (χ3n) is 3.72. The van der Waals surface area contributed by atoms with E-state index in [2.05, 4.69) is 5.32 Å². The van der Waals surface area contributed by atoms with E-state index in [1.807, 2.05) is 32.6 Å². The van der Waals surface area contributed by atoms with Crippen LogP contribution in [-0.2, 0) is 0 Å². The maximum Gasteiger partial charge on any atom is 0.390 e. The van der Waals surface area contributed by atoms with Crippen molar-refractivity contribution in [1.29, 1.82) is 0 Å². The largest absolute Gasteiger partial charge is 0.390 e. The standard InChI is InChI=1S/C12H23F3N2/c1-5-11(4)8-16-10(2,3)9-17(11)7-6-12(13,14)15/h16H,5-9H2,1-4H3. The van der Waals surface area contributed by atoms with Gasteiger partial charge in [0.15, 0.2) is 0 Å². The molecule has 1 fully saturated rings. The molecule has 5 heteroatoms. The zero-order valence-electron chi connectivity index (χ0n) is 11.1. The molecule has 0 radical (unpaired) electrons. The summed E-state index contributed by atoms with van der Waals surface area (Å²) in [4.78, 5) is 1.98. The lowest BCUT2D eigenvalue weighted by Crippen LogP contribution is -2.67. The van der Waals surface area contributed by atoms with Gasteiger partial charge in [-0.05, 0) is 27.2 Å². The Kier molecular flexibility index (Phi) is 4.14. The quantitative estimate of drug-likeness (QED) is 0.831. The van der Waals surface area contributed by atoms with Gasteiger partial charge in [-0.25, -0.2) is 0 Å². The zero-order chi connectivity index (χ0) is 13.3. The van der Waals surface area contributed by atoms with Crippen LogP contribution in [-0.4, -0.2) is 41.8 Å². The van der Waals surface area contributed by atoms with E-state index in [9.17, 15) is 13.2 Å². The molecule has 1 aliphatic heterocycles. The van der Waals surface area contributed by atoms with E-state index in [1.54, 1.807) is 0 Å². The molecule has 1 unspecified atom stereocenters. The van der Waals surface area contributed by atoms with Gasteiger partial charge >= 0.3 is 6.18 Å². The van der Waals surface area contributed by atoms with Gasteiger partial charge in [0.2, 0.25) is 0 Å². The third-order valence-corrected chi connectivity index (χ3v) is 3.72. The maximum atomic E-state index is 12.3. The van der Waals surface area contributed by atoms with E-state index < -0.39 is 12.6 Å². The molecule has 2 nitrogen and oxygen atoms in total. The SMILES string of the molecule is CCC1(C)CNC(C)(C)CN1CCC(F)(F)F. The highest BCUT2D eigenvalue weighted by atomic mass is 19.4. The lowest BCUT2D eigenvalue weighted by molar-refractivity contribution is -0.143. The number of piperazine rings is 1. The van der Waals surface area contributed by atoms with Crippen molar-refractivity contribution in [2.75, 3.05) is 19.6 Å². The predicted molar refractivity (Wildman–Crippen MR) is 63.0 cm³/mol. The van der Waals surface area contributed by atoms with Crippen molar-refractivity contribution in [1.82, 2.24) is 10.2 Å². The summed E-state index contributed by atoms with van der Waals surface area (Å²) in [5.41, 5.74) is -0.277. The molecule has 0 spiro atoms. The van der Waals surface area contributed by atoms with Crippen molar-refractivity contribution in [3.63, 3.8) is 0 Å². The van der Waals surface area contributed by atoms with Crippen LogP contribution in [0.1, 0.15) is 40.5 Å². The number of alkyl halides is 3. The molecule has 1 atom stereocenters. The van der Waals surface area contributed by atoms with E-state index in [4.69, 9.17) is 0 Å². The second kappa shape index (κ2) is 4.76. The van der Waals surface area contributed by atoms with Crippen molar-refractivity contribution in [3.8, 4) is 0 Å². The van der Waals surface area contributed by atoms with Gasteiger partial charge in [-0.15, -0.1) is 0 Å². The number of hydrogen-bond acceptors (Lipinski definition) is 2. The van der Waals surface area contributed by atoms with Gasteiger partial charge in [0.05, 0.1) is 6.42 Å². The molecule has 0 aromatic heterocycles. The fraction of sp³-hybridized carbons (Fsp3) is 1.00. The van der Waals surface area contributed by atoms with Crippen LogP contribution in [0.25, 0.3) is 0 Å². The number of hydrogen-bond donors (Lipinski definition) is 1. The van der Waals surface area contributed by atoms with E-state index in [0.29, 0.717) is 6.54 Å². The average molecular weight is 252 g/mol. The first-order valence-corrected chi connectivity index (χ1v) is 6.15. The van der Waals surface area contributed by atoms with Crippen LogP contribution < -0.4 is 5.32 Å². The Morgan fingerprint density at radius 1 is 1.24 bits per heavy atom. The van der Waals surface area contributed by atoms with E-state index >= 15 is 0 Å². The first-order chi connectivity index (χ1) is 7.58. The van der Waals surface area contributed by atoms with Crippen LogP contribution in [0.3, 0.4) is 0 Å². The maximum absolute atomic E-state index is 12.3. The number of nitrogens with zero attached hydrogens (tertiary/aromatic N) is 1. The molecular formula is C12H23F3N2. The molecule has 1 rings (SSSR count). The van der Waals surface area contributed by atoms with E-state index in [1.165, 1.54) is 0 Å². The fourth-order valence-electron chi connectivity index (χ4n) is 2.22. The molecule has 0 aromatic rings. The summed E-state index contributed by atoms with van der Waals surface area (Å²) in [6, 6.07) is 0. The Labute approximate surface area is 102 Å². The summed E-state index contributed by atoms with van der Waals surface area (Å²) in [5.74, 6) is 0. The summed E-state index contributed by atoms with van der Waals surface area (Å²) in [5, 5.41) is 3.40. The van der Waals surface area contributed by atoms with Crippen LogP contribution in [0.4, 0.5) is 13.2 Å². The van der Waals surface area contributed by atoms with Gasteiger partial charge in [-0.2, -0.15) is 13.2 Å². The minimum Gasteiger partial charge on any atom is -0.309 e. The highest BCUT2D eigenvalue weighted by Crippen LogP contribution is 2.29. The highest BCUT2D eigenvalue weighted by molar-refractivity contribution is 4.99. The smallest absolute Gasteiger partial charge is 0.309 e. The average Bonchev–Trinajstić information content (AvgIpc) is 2.18. The number of rotatable bonds is 3. The molecule has 0 aliphatic carbocycles. The summed E-state index contributed by atoms with van der Waals surface area (Å²) in [6.45, 7) is 9.62. The summed E-state index contributed by atoms with van der Waals surface area (Å²) < 4.78 is 37.0. The zero-order valence-corrected chi connectivity index (χ0v) is 11.1. The van der Waals surface area contributed by atoms with Crippen LogP contribution in [0.15, 0.2) is 0 Å². The van der Waals surface area contributed by atoms with Crippen molar-refractivity contribution in [3.05, 3.63) is 0 Å². The summed E-state index contributed by atoms with van der Waals surface area (Å²) in [7, 11) is 0. The first-order valence-electron chi connectivity index (χ1n) is 6.15. The third kappa shape index (κ3) is 4.14. The van der Waals surface area contributed by atoms with Gasteiger partial charge < -0.3 is 5.32 Å². The molecule has 0 amide bonds. The Balaban J connectivity index is 2.69.